The molecule has 0 aliphatic rings. The average Bonchev–Trinajstić information content (AvgIpc) is 3.35. The Morgan fingerprint density at radius 3 is 0.823 bits per heavy atom. The van der Waals surface area contributed by atoms with Crippen molar-refractivity contribution in [3.63, 3.8) is 0 Å². The van der Waals surface area contributed by atoms with E-state index in [2.05, 4.69) is 231 Å². The predicted molar refractivity (Wildman–Crippen MR) is 268 cm³/mol. The van der Waals surface area contributed by atoms with Crippen LogP contribution in [0.1, 0.15) is 0 Å². The lowest BCUT2D eigenvalue weighted by atomic mass is 9.84. The van der Waals surface area contributed by atoms with Gasteiger partial charge in [-0.05, 0) is 167 Å². The number of hydrogen-bond acceptors (Lipinski definition) is 0. The zero-order chi connectivity index (χ0) is 40.7. The second-order valence-corrected chi connectivity index (χ2v) is 16.8. The highest BCUT2D eigenvalue weighted by Gasteiger charge is 2.19. The molecule has 13 aromatic rings. The third kappa shape index (κ3) is 5.40. The van der Waals surface area contributed by atoms with Crippen LogP contribution in [-0.2, 0) is 0 Å². The van der Waals surface area contributed by atoms with Gasteiger partial charge in [0.1, 0.15) is 0 Å². The van der Waals surface area contributed by atoms with Crippen molar-refractivity contribution in [2.45, 2.75) is 0 Å². The van der Waals surface area contributed by atoms with E-state index in [0.29, 0.717) is 0 Å². The Bertz CT molecular complexity index is 3720. The molecule has 0 bridgehead atoms. The van der Waals surface area contributed by atoms with Crippen molar-refractivity contribution >= 4 is 86.2 Å². The van der Waals surface area contributed by atoms with Crippen molar-refractivity contribution in [1.29, 1.82) is 0 Å². The molecule has 0 nitrogen and oxygen atoms in total. The Morgan fingerprint density at radius 2 is 0.435 bits per heavy atom. The molecule has 13 rings (SSSR count). The molecule has 0 fully saturated rings. The number of benzene rings is 13. The first-order valence-electron chi connectivity index (χ1n) is 21.6. The van der Waals surface area contributed by atoms with Crippen LogP contribution >= 0.6 is 0 Å². The lowest BCUT2D eigenvalue weighted by molar-refractivity contribution is 1.65. The summed E-state index contributed by atoms with van der Waals surface area (Å²) in [5.41, 5.74) is 9.97. The first-order valence-corrected chi connectivity index (χ1v) is 21.6. The van der Waals surface area contributed by atoms with E-state index < -0.39 is 0 Å². The molecule has 13 aromatic carbocycles. The Kier molecular flexibility index (Phi) is 7.71. The van der Waals surface area contributed by atoms with Gasteiger partial charge in [0.15, 0.2) is 0 Å². The van der Waals surface area contributed by atoms with Crippen LogP contribution in [0.3, 0.4) is 0 Å². The van der Waals surface area contributed by atoms with Crippen molar-refractivity contribution in [3.05, 3.63) is 231 Å². The Morgan fingerprint density at radius 1 is 0.161 bits per heavy atom. The van der Waals surface area contributed by atoms with E-state index in [9.17, 15) is 0 Å². The van der Waals surface area contributed by atoms with Gasteiger partial charge in [0, 0.05) is 0 Å². The van der Waals surface area contributed by atoms with Crippen molar-refractivity contribution in [2.75, 3.05) is 0 Å². The van der Waals surface area contributed by atoms with Crippen molar-refractivity contribution in [1.82, 2.24) is 0 Å². The van der Waals surface area contributed by atoms with Crippen LogP contribution in [0.4, 0.5) is 0 Å². The van der Waals surface area contributed by atoms with Crippen LogP contribution < -0.4 is 0 Å². The van der Waals surface area contributed by atoms with Crippen LogP contribution in [0.2, 0.25) is 0 Å². The molecule has 286 valence electrons. The van der Waals surface area contributed by atoms with Crippen LogP contribution in [-0.4, -0.2) is 0 Å². The maximum atomic E-state index is 2.40. The van der Waals surface area contributed by atoms with E-state index in [1.54, 1.807) is 0 Å². The molecule has 0 saturated carbocycles. The smallest absolute Gasteiger partial charge is 0.00201 e. The molecule has 0 heterocycles. The SMILES string of the molecule is c1ccc2c(c1)cc(-c1ccc3cc(-c4c(-c5ccc6cc(-c7cc8ccccc8c8ccccc78)ccc6c5)c5ccccc5c5ccccc45)ccc3c1)c1ccccc12. The van der Waals surface area contributed by atoms with Gasteiger partial charge in [-0.15, -0.1) is 0 Å². The summed E-state index contributed by atoms with van der Waals surface area (Å²) >= 11 is 0. The standard InChI is InChI=1S/C62H38/c1-3-15-49-43(13-1)37-59(55-21-7-5-17-51(49)55)45-29-25-41-35-47(31-27-39(41)33-45)61-57-23-11-9-19-53(57)54-20-10-12-24-58(54)62(61)48-32-28-40-34-46(30-26-42(40)36-48)60-38-44-14-2-4-16-50(44)52-18-6-8-22-56(52)60/h1-38H. The monoisotopic (exact) mass is 782 g/mol. The third-order valence-electron chi connectivity index (χ3n) is 13.3. The fourth-order valence-corrected chi connectivity index (χ4v) is 10.5. The third-order valence-corrected chi connectivity index (χ3v) is 13.3. The van der Waals surface area contributed by atoms with E-state index in [-0.39, 0.29) is 0 Å². The van der Waals surface area contributed by atoms with Gasteiger partial charge in [0.2, 0.25) is 0 Å². The van der Waals surface area contributed by atoms with Gasteiger partial charge in [-0.1, -0.05) is 194 Å². The summed E-state index contributed by atoms with van der Waals surface area (Å²) in [4.78, 5) is 0. The molecule has 0 aromatic heterocycles. The van der Waals surface area contributed by atoms with Crippen LogP contribution in [0.5, 0.6) is 0 Å². The highest BCUT2D eigenvalue weighted by Crippen LogP contribution is 2.46. The van der Waals surface area contributed by atoms with Crippen LogP contribution in [0.15, 0.2) is 231 Å². The van der Waals surface area contributed by atoms with E-state index in [0.717, 1.165) is 0 Å². The van der Waals surface area contributed by atoms with Gasteiger partial charge in [0.25, 0.3) is 0 Å². The van der Waals surface area contributed by atoms with Gasteiger partial charge in [-0.25, -0.2) is 0 Å². The predicted octanol–water partition coefficient (Wildman–Crippen LogP) is 17.6. The van der Waals surface area contributed by atoms with E-state index >= 15 is 0 Å². The van der Waals surface area contributed by atoms with Gasteiger partial charge in [-0.3, -0.25) is 0 Å². The Labute approximate surface area is 359 Å². The summed E-state index contributed by atoms with van der Waals surface area (Å²) < 4.78 is 0. The van der Waals surface area contributed by atoms with Crippen molar-refractivity contribution in [2.24, 2.45) is 0 Å². The summed E-state index contributed by atoms with van der Waals surface area (Å²) in [6.07, 6.45) is 0. The molecule has 0 saturated heterocycles. The summed E-state index contributed by atoms with van der Waals surface area (Å²) in [7, 11) is 0. The Hall–Kier alpha value is -8.06. The molecule has 0 radical (unpaired) electrons. The molecular formula is C62H38. The van der Waals surface area contributed by atoms with Crippen LogP contribution in [0, 0.1) is 0 Å². The highest BCUT2D eigenvalue weighted by atomic mass is 14.2. The molecule has 0 aliphatic heterocycles. The van der Waals surface area contributed by atoms with Crippen molar-refractivity contribution < 1.29 is 0 Å². The minimum atomic E-state index is 1.22. The van der Waals surface area contributed by atoms with Gasteiger partial charge < -0.3 is 0 Å². The highest BCUT2D eigenvalue weighted by molar-refractivity contribution is 6.23. The normalized spacial score (nSPS) is 11.9. The molecular weight excluding hydrogens is 745 g/mol. The lowest BCUT2D eigenvalue weighted by Gasteiger charge is -2.19. The Balaban J connectivity index is 0.978. The van der Waals surface area contributed by atoms with Gasteiger partial charge in [-0.2, -0.15) is 0 Å². The molecule has 62 heavy (non-hydrogen) atoms. The summed E-state index contributed by atoms with van der Waals surface area (Å²) in [6, 6.07) is 85.8. The van der Waals surface area contributed by atoms with Crippen LogP contribution in [0.25, 0.3) is 131 Å². The number of hydrogen-bond donors (Lipinski definition) is 0. The van der Waals surface area contributed by atoms with E-state index in [1.165, 1.54) is 131 Å². The summed E-state index contributed by atoms with van der Waals surface area (Å²) in [5.74, 6) is 0. The first-order chi connectivity index (χ1) is 30.7. The number of fused-ring (bicyclic) bond motifs is 11. The fraction of sp³-hybridized carbons (Fsp3) is 0. The number of rotatable bonds is 4. The minimum Gasteiger partial charge on any atom is -0.0616 e. The maximum Gasteiger partial charge on any atom is -0.00201 e. The molecule has 0 aliphatic carbocycles. The summed E-state index contributed by atoms with van der Waals surface area (Å²) in [6.45, 7) is 0. The van der Waals surface area contributed by atoms with E-state index in [4.69, 9.17) is 0 Å². The molecule has 0 atom stereocenters. The lowest BCUT2D eigenvalue weighted by Crippen LogP contribution is -1.92. The van der Waals surface area contributed by atoms with Gasteiger partial charge >= 0.3 is 0 Å². The second-order valence-electron chi connectivity index (χ2n) is 16.8. The van der Waals surface area contributed by atoms with Crippen molar-refractivity contribution in [3.8, 4) is 44.5 Å². The van der Waals surface area contributed by atoms with Gasteiger partial charge in [0.05, 0.1) is 0 Å². The molecule has 0 N–H and O–H groups in total. The quantitative estimate of drug-likeness (QED) is 0.156. The molecule has 0 heteroatoms. The minimum absolute atomic E-state index is 1.22. The average molecular weight is 783 g/mol. The zero-order valence-corrected chi connectivity index (χ0v) is 33.9. The molecule has 0 spiro atoms. The molecule has 0 unspecified atom stereocenters. The maximum absolute atomic E-state index is 2.40. The van der Waals surface area contributed by atoms with E-state index in [1.807, 2.05) is 0 Å². The fourth-order valence-electron chi connectivity index (χ4n) is 10.5. The zero-order valence-electron chi connectivity index (χ0n) is 33.9. The topological polar surface area (TPSA) is 0 Å². The molecule has 0 amide bonds. The second kappa shape index (κ2) is 13.7. The largest absolute Gasteiger partial charge is 0.0616 e. The summed E-state index contributed by atoms with van der Waals surface area (Å²) in [5, 5.41) is 20.2. The first kappa shape index (κ1) is 34.8.